The maximum Gasteiger partial charge on any atom is 0.393 e. The largest absolute Gasteiger partial charge is 0.463 e. The number of ether oxygens (including phenoxy) is 1. The molecule has 0 N–H and O–H groups in total. The smallest absolute Gasteiger partial charge is 0.393 e. The van der Waals surface area contributed by atoms with E-state index in [0.29, 0.717) is 0 Å². The molecule has 0 radical (unpaired) electrons. The van der Waals surface area contributed by atoms with Gasteiger partial charge in [0.2, 0.25) is 6.86 Å². The fourth-order valence-corrected chi connectivity index (χ4v) is 1.04. The summed E-state index contributed by atoms with van der Waals surface area (Å²) in [5.74, 6) is 0.106. The van der Waals surface area contributed by atoms with Crippen molar-refractivity contribution in [2.24, 2.45) is 0 Å². The zero-order valence-corrected chi connectivity index (χ0v) is 7.14. The number of hydrogen-bond acceptors (Lipinski definition) is 1. The molecule has 1 rings (SSSR count). The molecule has 0 atom stereocenters. The third-order valence-electron chi connectivity index (χ3n) is 1.52. The van der Waals surface area contributed by atoms with Gasteiger partial charge in [-0.25, -0.2) is 4.39 Å². The fourth-order valence-electron chi connectivity index (χ4n) is 1.04. The molecule has 78 valence electrons. The van der Waals surface area contributed by atoms with Crippen LogP contribution in [-0.4, -0.2) is 13.0 Å². The zero-order valence-electron chi connectivity index (χ0n) is 7.14. The van der Waals surface area contributed by atoms with E-state index in [1.54, 1.807) is 0 Å². The van der Waals surface area contributed by atoms with Crippen molar-refractivity contribution in [2.75, 3.05) is 6.86 Å². The van der Waals surface area contributed by atoms with Gasteiger partial charge in [0.05, 0.1) is 6.42 Å². The average molecular weight is 208 g/mol. The highest BCUT2D eigenvalue weighted by atomic mass is 19.4. The molecule has 0 unspecified atom stereocenters. The Hall–Kier alpha value is -1.26. The second kappa shape index (κ2) is 4.30. The predicted molar refractivity (Wildman–Crippen MR) is 42.8 cm³/mol. The summed E-state index contributed by atoms with van der Waals surface area (Å²) in [6.07, 6.45) is -5.29. The van der Waals surface area contributed by atoms with Crippen LogP contribution < -0.4 is 4.74 Å². The minimum absolute atomic E-state index is 0.0588. The summed E-state index contributed by atoms with van der Waals surface area (Å²) < 4.78 is 52.0. The van der Waals surface area contributed by atoms with E-state index in [9.17, 15) is 17.6 Å². The maximum atomic E-state index is 11.9. The minimum atomic E-state index is -4.26. The van der Waals surface area contributed by atoms with Crippen molar-refractivity contribution in [3.05, 3.63) is 29.8 Å². The Labute approximate surface area is 78.3 Å². The summed E-state index contributed by atoms with van der Waals surface area (Å²) in [6.45, 7) is -1.05. The normalized spacial score (nSPS) is 11.4. The van der Waals surface area contributed by atoms with Crippen LogP contribution in [0, 0.1) is 0 Å². The van der Waals surface area contributed by atoms with Crippen molar-refractivity contribution in [3.8, 4) is 5.75 Å². The molecule has 0 aliphatic heterocycles. The van der Waals surface area contributed by atoms with E-state index in [1.165, 1.54) is 24.3 Å². The third kappa shape index (κ3) is 3.64. The van der Waals surface area contributed by atoms with Gasteiger partial charge >= 0.3 is 6.18 Å². The first kappa shape index (κ1) is 10.8. The SMILES string of the molecule is FCOc1cccc(CC(F)(F)F)c1. The van der Waals surface area contributed by atoms with Crippen LogP contribution in [0.25, 0.3) is 0 Å². The van der Waals surface area contributed by atoms with Crippen LogP contribution in [0.3, 0.4) is 0 Å². The molecule has 1 aromatic rings. The van der Waals surface area contributed by atoms with Gasteiger partial charge in [-0.3, -0.25) is 0 Å². The van der Waals surface area contributed by atoms with Gasteiger partial charge in [0.1, 0.15) is 5.75 Å². The molecule has 0 saturated heterocycles. The lowest BCUT2D eigenvalue weighted by Gasteiger charge is -2.07. The summed E-state index contributed by atoms with van der Waals surface area (Å²) in [4.78, 5) is 0. The second-order valence-electron chi connectivity index (χ2n) is 2.69. The monoisotopic (exact) mass is 208 g/mol. The highest BCUT2D eigenvalue weighted by Gasteiger charge is 2.27. The average Bonchev–Trinajstić information content (AvgIpc) is 2.02. The van der Waals surface area contributed by atoms with Crippen molar-refractivity contribution in [3.63, 3.8) is 0 Å². The van der Waals surface area contributed by atoms with Crippen molar-refractivity contribution in [1.82, 2.24) is 0 Å². The van der Waals surface area contributed by atoms with Crippen LogP contribution in [0.2, 0.25) is 0 Å². The van der Waals surface area contributed by atoms with E-state index in [0.717, 1.165) is 0 Å². The van der Waals surface area contributed by atoms with E-state index in [1.807, 2.05) is 0 Å². The summed E-state index contributed by atoms with van der Waals surface area (Å²) in [7, 11) is 0. The molecule has 0 heterocycles. The van der Waals surface area contributed by atoms with E-state index >= 15 is 0 Å². The molecule has 14 heavy (non-hydrogen) atoms. The molecule has 0 saturated carbocycles. The zero-order chi connectivity index (χ0) is 10.6. The molecule has 0 aliphatic rings. The van der Waals surface area contributed by atoms with Gasteiger partial charge in [-0.05, 0) is 17.7 Å². The summed E-state index contributed by atoms with van der Waals surface area (Å²) in [6, 6.07) is 5.29. The van der Waals surface area contributed by atoms with Gasteiger partial charge in [0.25, 0.3) is 0 Å². The van der Waals surface area contributed by atoms with Crippen molar-refractivity contribution < 1.29 is 22.3 Å². The summed E-state index contributed by atoms with van der Waals surface area (Å²) >= 11 is 0. The lowest BCUT2D eigenvalue weighted by atomic mass is 10.1. The Balaban J connectivity index is 2.73. The summed E-state index contributed by atoms with van der Waals surface area (Å²) in [5.41, 5.74) is 0.0588. The van der Waals surface area contributed by atoms with E-state index in [2.05, 4.69) is 4.74 Å². The van der Waals surface area contributed by atoms with Crippen LogP contribution in [0.1, 0.15) is 5.56 Å². The Bertz CT molecular complexity index is 295. The molecule has 0 aromatic heterocycles. The van der Waals surface area contributed by atoms with Crippen LogP contribution in [0.15, 0.2) is 24.3 Å². The quantitative estimate of drug-likeness (QED) is 0.693. The highest BCUT2D eigenvalue weighted by molar-refractivity contribution is 5.28. The van der Waals surface area contributed by atoms with Crippen molar-refractivity contribution in [2.45, 2.75) is 12.6 Å². The number of rotatable bonds is 3. The van der Waals surface area contributed by atoms with Crippen LogP contribution in [-0.2, 0) is 6.42 Å². The van der Waals surface area contributed by atoms with Gasteiger partial charge in [-0.1, -0.05) is 12.1 Å². The van der Waals surface area contributed by atoms with Crippen LogP contribution in [0.5, 0.6) is 5.75 Å². The second-order valence-corrected chi connectivity index (χ2v) is 2.69. The van der Waals surface area contributed by atoms with Gasteiger partial charge in [-0.15, -0.1) is 0 Å². The lowest BCUT2D eigenvalue weighted by molar-refractivity contribution is -0.127. The fraction of sp³-hybridized carbons (Fsp3) is 0.333. The molecule has 0 bridgehead atoms. The molecule has 5 heteroatoms. The predicted octanol–water partition coefficient (Wildman–Crippen LogP) is 3.10. The Kier molecular flexibility index (Phi) is 3.33. The first-order valence-electron chi connectivity index (χ1n) is 3.86. The first-order chi connectivity index (χ1) is 6.51. The molecular formula is C9H8F4O. The lowest BCUT2D eigenvalue weighted by Crippen LogP contribution is -2.11. The van der Waals surface area contributed by atoms with Gasteiger partial charge in [-0.2, -0.15) is 13.2 Å². The molecular weight excluding hydrogens is 200 g/mol. The molecule has 0 fully saturated rings. The van der Waals surface area contributed by atoms with Crippen molar-refractivity contribution >= 4 is 0 Å². The van der Waals surface area contributed by atoms with E-state index < -0.39 is 19.5 Å². The topological polar surface area (TPSA) is 9.23 Å². The molecule has 0 spiro atoms. The number of alkyl halides is 4. The van der Waals surface area contributed by atoms with Gasteiger partial charge in [0, 0.05) is 0 Å². The van der Waals surface area contributed by atoms with Gasteiger partial charge < -0.3 is 4.74 Å². The summed E-state index contributed by atoms with van der Waals surface area (Å²) in [5, 5.41) is 0. The van der Waals surface area contributed by atoms with Crippen molar-refractivity contribution in [1.29, 1.82) is 0 Å². The molecule has 1 aromatic carbocycles. The Morgan fingerprint density at radius 3 is 2.50 bits per heavy atom. The Morgan fingerprint density at radius 1 is 1.21 bits per heavy atom. The molecule has 1 nitrogen and oxygen atoms in total. The third-order valence-corrected chi connectivity index (χ3v) is 1.52. The van der Waals surface area contributed by atoms with Crippen LogP contribution >= 0.6 is 0 Å². The van der Waals surface area contributed by atoms with Crippen LogP contribution in [0.4, 0.5) is 17.6 Å². The first-order valence-corrected chi connectivity index (χ1v) is 3.86. The Morgan fingerprint density at radius 2 is 1.93 bits per heavy atom. The standard InChI is InChI=1S/C9H8F4O/c10-6-14-8-3-1-2-7(4-8)5-9(11,12)13/h1-4H,5-6H2. The minimum Gasteiger partial charge on any atom is -0.463 e. The number of halogens is 4. The van der Waals surface area contributed by atoms with E-state index in [-0.39, 0.29) is 11.3 Å². The maximum absolute atomic E-state index is 11.9. The molecule has 0 amide bonds. The number of benzene rings is 1. The van der Waals surface area contributed by atoms with Gasteiger partial charge in [0.15, 0.2) is 0 Å². The number of hydrogen-bond donors (Lipinski definition) is 0. The van der Waals surface area contributed by atoms with E-state index in [4.69, 9.17) is 0 Å². The highest BCUT2D eigenvalue weighted by Crippen LogP contribution is 2.23. The molecule has 0 aliphatic carbocycles.